The summed E-state index contributed by atoms with van der Waals surface area (Å²) in [6, 6.07) is 11.1. The number of amides is 1. The number of hydrogen-bond acceptors (Lipinski definition) is 6. The average molecular weight is 489 g/mol. The molecule has 0 radical (unpaired) electrons. The van der Waals surface area contributed by atoms with Crippen LogP contribution < -0.4 is 10.1 Å². The van der Waals surface area contributed by atoms with Gasteiger partial charge >= 0.3 is 5.97 Å². The van der Waals surface area contributed by atoms with Crippen molar-refractivity contribution in [3.63, 3.8) is 0 Å². The van der Waals surface area contributed by atoms with E-state index in [4.69, 9.17) is 9.47 Å². The molecule has 0 aliphatic carbocycles. The zero-order valence-electron chi connectivity index (χ0n) is 19.7. The van der Waals surface area contributed by atoms with Crippen molar-refractivity contribution in [3.8, 4) is 5.75 Å². The number of unbranched alkanes of at least 4 members (excludes halogenated alkanes) is 1. The molecule has 1 fully saturated rings. The highest BCUT2D eigenvalue weighted by molar-refractivity contribution is 7.89. The predicted molar refractivity (Wildman–Crippen MR) is 130 cm³/mol. The smallest absolute Gasteiger partial charge is 0.338 e. The molecule has 0 saturated carbocycles. The second-order valence-corrected chi connectivity index (χ2v) is 10.2. The minimum atomic E-state index is -3.52. The van der Waals surface area contributed by atoms with Gasteiger partial charge in [0.05, 0.1) is 17.1 Å². The maximum Gasteiger partial charge on any atom is 0.338 e. The molecule has 0 bridgehead atoms. The summed E-state index contributed by atoms with van der Waals surface area (Å²) in [5.41, 5.74) is 1.58. The molecule has 1 saturated heterocycles. The molecule has 1 aliphatic rings. The van der Waals surface area contributed by atoms with E-state index >= 15 is 0 Å². The molecule has 1 aliphatic heterocycles. The minimum absolute atomic E-state index is 0.233. The van der Waals surface area contributed by atoms with Crippen LogP contribution in [0.3, 0.4) is 0 Å². The SMILES string of the molecule is CCCCOC(=O)c1ccc(NC(=O)COc2ccc(S(=O)(=O)N3CCCCC3)cc2C)cc1. The van der Waals surface area contributed by atoms with E-state index in [-0.39, 0.29) is 17.4 Å². The van der Waals surface area contributed by atoms with E-state index in [0.717, 1.165) is 32.1 Å². The zero-order valence-corrected chi connectivity index (χ0v) is 20.5. The number of hydrogen-bond donors (Lipinski definition) is 1. The zero-order chi connectivity index (χ0) is 24.6. The summed E-state index contributed by atoms with van der Waals surface area (Å²) in [7, 11) is -3.52. The fraction of sp³-hybridized carbons (Fsp3) is 0.440. The van der Waals surface area contributed by atoms with Crippen LogP contribution >= 0.6 is 0 Å². The Hall–Kier alpha value is -2.91. The van der Waals surface area contributed by atoms with Crippen molar-refractivity contribution in [3.05, 3.63) is 53.6 Å². The number of carbonyl (C=O) groups is 2. The molecule has 1 N–H and O–H groups in total. The molecule has 9 heteroatoms. The van der Waals surface area contributed by atoms with Gasteiger partial charge in [0.25, 0.3) is 5.91 Å². The fourth-order valence-electron chi connectivity index (χ4n) is 3.62. The number of carbonyl (C=O) groups excluding carboxylic acids is 2. The summed E-state index contributed by atoms with van der Waals surface area (Å²) in [6.07, 6.45) is 4.56. The van der Waals surface area contributed by atoms with E-state index in [1.165, 1.54) is 10.4 Å². The topological polar surface area (TPSA) is 102 Å². The number of anilines is 1. The molecule has 2 aromatic rings. The summed E-state index contributed by atoms with van der Waals surface area (Å²) in [5.74, 6) is -0.323. The monoisotopic (exact) mass is 488 g/mol. The van der Waals surface area contributed by atoms with Crippen LogP contribution in [0.25, 0.3) is 0 Å². The van der Waals surface area contributed by atoms with Crippen molar-refractivity contribution in [2.24, 2.45) is 0 Å². The highest BCUT2D eigenvalue weighted by atomic mass is 32.2. The van der Waals surface area contributed by atoms with Crippen LogP contribution in [-0.4, -0.2) is 50.9 Å². The first kappa shape index (κ1) is 25.7. The molecule has 0 aromatic heterocycles. The van der Waals surface area contributed by atoms with Crippen LogP contribution in [0.1, 0.15) is 54.9 Å². The Bertz CT molecular complexity index is 1090. The number of esters is 1. The summed E-state index contributed by atoms with van der Waals surface area (Å²) >= 11 is 0. The van der Waals surface area contributed by atoms with E-state index in [1.807, 2.05) is 6.92 Å². The number of benzene rings is 2. The van der Waals surface area contributed by atoms with Gasteiger partial charge in [-0.15, -0.1) is 0 Å². The molecule has 34 heavy (non-hydrogen) atoms. The van der Waals surface area contributed by atoms with Crippen molar-refractivity contribution in [2.45, 2.75) is 50.8 Å². The standard InChI is InChI=1S/C25H32N2O6S/c1-3-4-16-32-25(29)20-8-10-21(11-9-20)26-24(28)18-33-23-13-12-22(17-19(23)2)34(30,31)27-14-6-5-7-15-27/h8-13,17H,3-7,14-16,18H2,1-2H3,(H,26,28). The molecule has 3 rings (SSSR count). The van der Waals surface area contributed by atoms with E-state index in [9.17, 15) is 18.0 Å². The quantitative estimate of drug-likeness (QED) is 0.398. The Morgan fingerprint density at radius 1 is 1.03 bits per heavy atom. The lowest BCUT2D eigenvalue weighted by molar-refractivity contribution is -0.118. The number of piperidine rings is 1. The number of nitrogens with one attached hydrogen (secondary N) is 1. The van der Waals surface area contributed by atoms with Crippen molar-refractivity contribution >= 4 is 27.6 Å². The van der Waals surface area contributed by atoms with Crippen LogP contribution in [-0.2, 0) is 19.6 Å². The lowest BCUT2D eigenvalue weighted by Crippen LogP contribution is -2.35. The summed E-state index contributed by atoms with van der Waals surface area (Å²) in [5, 5.41) is 2.71. The van der Waals surface area contributed by atoms with Gasteiger partial charge in [-0.1, -0.05) is 19.8 Å². The van der Waals surface area contributed by atoms with Gasteiger partial charge in [0.1, 0.15) is 5.75 Å². The molecule has 0 atom stereocenters. The Morgan fingerprint density at radius 2 is 1.74 bits per heavy atom. The van der Waals surface area contributed by atoms with Crippen molar-refractivity contribution in [1.82, 2.24) is 4.31 Å². The summed E-state index contributed by atoms with van der Waals surface area (Å²) in [6.45, 7) is 5.00. The Balaban J connectivity index is 1.53. The van der Waals surface area contributed by atoms with Crippen LogP contribution in [0.15, 0.2) is 47.4 Å². The van der Waals surface area contributed by atoms with E-state index < -0.39 is 16.0 Å². The Morgan fingerprint density at radius 3 is 2.38 bits per heavy atom. The first-order chi connectivity index (χ1) is 16.3. The van der Waals surface area contributed by atoms with Crippen LogP contribution in [0, 0.1) is 6.92 Å². The van der Waals surface area contributed by atoms with Crippen molar-refractivity contribution in [1.29, 1.82) is 0 Å². The number of rotatable bonds is 10. The number of ether oxygens (including phenoxy) is 2. The predicted octanol–water partition coefficient (Wildman–Crippen LogP) is 4.14. The second-order valence-electron chi connectivity index (χ2n) is 8.30. The normalized spacial score (nSPS) is 14.4. The summed E-state index contributed by atoms with van der Waals surface area (Å²) < 4.78 is 38.0. The maximum atomic E-state index is 12.8. The third-order valence-corrected chi connectivity index (χ3v) is 7.49. The largest absolute Gasteiger partial charge is 0.483 e. The van der Waals surface area contributed by atoms with Crippen LogP contribution in [0.4, 0.5) is 5.69 Å². The summed E-state index contributed by atoms with van der Waals surface area (Å²) in [4.78, 5) is 24.5. The fourth-order valence-corrected chi connectivity index (χ4v) is 5.22. The number of nitrogens with zero attached hydrogens (tertiary/aromatic N) is 1. The van der Waals surface area contributed by atoms with Gasteiger partial charge in [-0.05, 0) is 74.2 Å². The highest BCUT2D eigenvalue weighted by Gasteiger charge is 2.26. The van der Waals surface area contributed by atoms with E-state index in [1.54, 1.807) is 43.3 Å². The van der Waals surface area contributed by atoms with E-state index in [2.05, 4.69) is 5.32 Å². The Labute approximate surface area is 201 Å². The van der Waals surface area contributed by atoms with E-state index in [0.29, 0.717) is 42.3 Å². The van der Waals surface area contributed by atoms with Gasteiger partial charge in [-0.2, -0.15) is 4.31 Å². The Kier molecular flexibility index (Phi) is 9.06. The van der Waals surface area contributed by atoms with Gasteiger partial charge in [0.15, 0.2) is 6.61 Å². The molecular weight excluding hydrogens is 456 g/mol. The minimum Gasteiger partial charge on any atom is -0.483 e. The first-order valence-electron chi connectivity index (χ1n) is 11.6. The van der Waals surface area contributed by atoms with Crippen LogP contribution in [0.5, 0.6) is 5.75 Å². The van der Waals surface area contributed by atoms with Gasteiger partial charge < -0.3 is 14.8 Å². The van der Waals surface area contributed by atoms with Gasteiger partial charge in [-0.25, -0.2) is 13.2 Å². The molecule has 8 nitrogen and oxygen atoms in total. The van der Waals surface area contributed by atoms with Crippen LogP contribution in [0.2, 0.25) is 0 Å². The van der Waals surface area contributed by atoms with Crippen molar-refractivity contribution < 1.29 is 27.5 Å². The number of aryl methyl sites for hydroxylation is 1. The highest BCUT2D eigenvalue weighted by Crippen LogP contribution is 2.26. The number of sulfonamides is 1. The molecule has 1 amide bonds. The molecule has 2 aromatic carbocycles. The first-order valence-corrected chi connectivity index (χ1v) is 13.1. The molecule has 1 heterocycles. The second kappa shape index (κ2) is 12.0. The lowest BCUT2D eigenvalue weighted by atomic mass is 10.2. The molecule has 0 spiro atoms. The molecular formula is C25H32N2O6S. The maximum absolute atomic E-state index is 12.8. The van der Waals surface area contributed by atoms with Gasteiger partial charge in [-0.3, -0.25) is 4.79 Å². The lowest BCUT2D eigenvalue weighted by Gasteiger charge is -2.26. The van der Waals surface area contributed by atoms with Crippen molar-refractivity contribution in [2.75, 3.05) is 31.6 Å². The third-order valence-electron chi connectivity index (χ3n) is 5.59. The molecule has 0 unspecified atom stereocenters. The molecule has 184 valence electrons. The van der Waals surface area contributed by atoms with Gasteiger partial charge in [0.2, 0.25) is 10.0 Å². The third kappa shape index (κ3) is 6.80. The average Bonchev–Trinajstić information content (AvgIpc) is 2.84. The van der Waals surface area contributed by atoms with Gasteiger partial charge in [0, 0.05) is 18.8 Å².